The van der Waals surface area contributed by atoms with Crippen LogP contribution < -0.4 is 77.5 Å². The van der Waals surface area contributed by atoms with E-state index in [1.807, 2.05) is 50.2 Å². The minimum atomic E-state index is -0.0992. The van der Waals surface area contributed by atoms with Gasteiger partial charge in [-0.15, -0.1) is 0 Å². The fourth-order valence-electron chi connectivity index (χ4n) is 17.3. The second-order valence-corrected chi connectivity index (χ2v) is 46.9. The molecule has 0 spiro atoms. The van der Waals surface area contributed by atoms with Gasteiger partial charge in [0.1, 0.15) is 28.7 Å². The smallest absolute Gasteiger partial charge is 0.127 e. The van der Waals surface area contributed by atoms with Crippen LogP contribution in [0.5, 0.6) is 28.7 Å². The quantitative estimate of drug-likeness (QED) is 0.0290. The number of para-hydroxylation sites is 2. The number of rotatable bonds is 29. The van der Waals surface area contributed by atoms with E-state index in [4.69, 9.17) is 0 Å². The maximum atomic E-state index is 11.2. The van der Waals surface area contributed by atoms with Gasteiger partial charge in [-0.1, -0.05) is 363 Å². The van der Waals surface area contributed by atoms with Crippen molar-refractivity contribution >= 4 is 124 Å². The lowest BCUT2D eigenvalue weighted by atomic mass is 9.80. The maximum absolute atomic E-state index is 11.2. The summed E-state index contributed by atoms with van der Waals surface area (Å²) >= 11 is 0. The highest BCUT2D eigenvalue weighted by Crippen LogP contribution is 2.41. The van der Waals surface area contributed by atoms with E-state index >= 15 is 0 Å². The van der Waals surface area contributed by atoms with Gasteiger partial charge in [-0.05, 0) is 251 Å². The lowest BCUT2D eigenvalue weighted by Crippen LogP contribution is -2.28. The monoisotopic (exact) mass is 1950 g/mol. The summed E-state index contributed by atoms with van der Waals surface area (Å²) < 4.78 is 0. The largest absolute Gasteiger partial charge is 0.507 e. The summed E-state index contributed by atoms with van der Waals surface area (Å²) in [4.78, 5) is 12.1. The molecule has 0 aliphatic rings. The number of nitrogens with zero attached hydrogens (tertiary/aromatic N) is 5. The molecular weight excluding hydrogens is 1790 g/mol. The summed E-state index contributed by atoms with van der Waals surface area (Å²) in [7, 11) is 2.12. The standard InChI is InChI=1S/C28H28NOP.C27H26NOP.C25H38NOP.2C22H32NOP/c1-21-11-10-18-26(27(21)30)31-28-22(2)12-9-17-25(28)29(19-23-13-5-3-6-14-23)20-24-15-7-4-8-16-24;1-21-11-10-16-24(27(21)30-26-18-9-8-17-25(26)29)28(19-22-12-4-2-5-13-22)20-23-14-6-3-7-15-23;1-10-26(11-2)20-14-12-13-17(3)23(20)28-21-16-18(24(4,5)6)15-19(22(21)27)25(7,8)9;1-8-23(9-2)18-12-10-11-16(4)21(18)25-19-14-15(3)13-17(20(19)24)22(5,6)7;1-8-23(9-2)18-12-10-11-15(3)21(18)25-19-14-17(22(5,6)7)13-16(4)20(19)24/h3-18,30-31H,19-20H2,1-2H3;2-18,29-30H,19-20H2,1H3;12-16,27-28H,10-11H2,1-9H3;2*10-14,24-25H,8-9H2,1-7H3. The van der Waals surface area contributed by atoms with Crippen molar-refractivity contribution in [1.29, 1.82) is 0 Å². The Balaban J connectivity index is 0.000000180. The topological polar surface area (TPSA) is 117 Å². The van der Waals surface area contributed by atoms with Gasteiger partial charge in [-0.2, -0.15) is 0 Å². The molecule has 10 nitrogen and oxygen atoms in total. The molecule has 0 bridgehead atoms. The van der Waals surface area contributed by atoms with Crippen molar-refractivity contribution < 1.29 is 25.5 Å². The number of aromatic hydroxyl groups is 5. The zero-order valence-corrected chi connectivity index (χ0v) is 92.8. The SMILES string of the molecule is CCN(CC)c1cccc(C)c1Pc1cc(C(C)(C)C)cc(C(C)(C)C)c1O.CCN(CC)c1cccc(C)c1Pc1cc(C(C)(C)C)cc(C)c1O.CCN(CC)c1cccc(C)c1Pc1cc(C)cc(C(C)(C)C)c1O.Cc1cccc(N(Cc2ccccc2)Cc2ccccc2)c1Pc1ccccc1O.Cc1cccc(Pc2c(C)cccc2N(Cc2ccccc2)Cc2ccccc2)c1O. The maximum Gasteiger partial charge on any atom is 0.127 e. The van der Waals surface area contributed by atoms with Crippen molar-refractivity contribution in [2.75, 3.05) is 63.8 Å². The molecule has 5 atom stereocenters. The number of phenolic OH excluding ortho intramolecular Hbond substituents is 5. The van der Waals surface area contributed by atoms with Crippen molar-refractivity contribution in [2.24, 2.45) is 0 Å². The van der Waals surface area contributed by atoms with Crippen LogP contribution in [0.25, 0.3) is 0 Å². The van der Waals surface area contributed by atoms with Crippen molar-refractivity contribution in [3.05, 3.63) is 380 Å². The van der Waals surface area contributed by atoms with Gasteiger partial charge in [0.25, 0.3) is 0 Å². The summed E-state index contributed by atoms with van der Waals surface area (Å²) in [5.41, 5.74) is 25.5. The van der Waals surface area contributed by atoms with Crippen LogP contribution in [0.4, 0.5) is 28.4 Å². The van der Waals surface area contributed by atoms with Crippen molar-refractivity contribution in [1.82, 2.24) is 0 Å². The minimum Gasteiger partial charge on any atom is -0.507 e. The lowest BCUT2D eigenvalue weighted by molar-refractivity contribution is 0.448. The summed E-state index contributed by atoms with van der Waals surface area (Å²) in [6.07, 6.45) is 0. The van der Waals surface area contributed by atoms with Gasteiger partial charge in [0.05, 0.1) is 0 Å². The molecule has 14 rings (SSSR count). The van der Waals surface area contributed by atoms with Crippen molar-refractivity contribution in [3.8, 4) is 28.7 Å². The predicted molar refractivity (Wildman–Crippen MR) is 620 cm³/mol. The number of phenols is 5. The van der Waals surface area contributed by atoms with Gasteiger partial charge < -0.3 is 50.0 Å². The van der Waals surface area contributed by atoms with E-state index in [0.29, 0.717) is 71.7 Å². The summed E-state index contributed by atoms with van der Waals surface area (Å²) in [5, 5.41) is 65.5. The van der Waals surface area contributed by atoms with Gasteiger partial charge in [0, 0.05) is 158 Å². The van der Waals surface area contributed by atoms with Crippen LogP contribution in [0.1, 0.15) is 214 Å². The van der Waals surface area contributed by atoms with Crippen LogP contribution in [-0.4, -0.2) is 64.8 Å². The molecule has 0 aliphatic heterocycles. The fourth-order valence-corrected chi connectivity index (χ4v) is 24.3. The number of aryl methyl sites for hydroxylation is 8. The van der Waals surface area contributed by atoms with E-state index in [1.165, 1.54) is 122 Å². The van der Waals surface area contributed by atoms with Crippen LogP contribution in [-0.2, 0) is 47.8 Å². The second-order valence-electron chi connectivity index (χ2n) is 40.4. The zero-order chi connectivity index (χ0) is 101. The molecule has 0 saturated carbocycles. The molecule has 0 aliphatic carbocycles. The lowest BCUT2D eigenvalue weighted by Gasteiger charge is -2.29. The van der Waals surface area contributed by atoms with Crippen molar-refractivity contribution in [2.45, 2.75) is 228 Å². The Morgan fingerprint density at radius 2 is 0.468 bits per heavy atom. The van der Waals surface area contributed by atoms with Gasteiger partial charge in [-0.3, -0.25) is 0 Å². The first-order valence-electron chi connectivity index (χ1n) is 49.5. The average molecular weight is 1950 g/mol. The molecule has 0 amide bonds. The van der Waals surface area contributed by atoms with Crippen LogP contribution in [0.2, 0.25) is 0 Å². The Hall–Kier alpha value is -10.8. The predicted octanol–water partition coefficient (Wildman–Crippen LogP) is 26.7. The van der Waals surface area contributed by atoms with Crippen LogP contribution in [0.15, 0.2) is 291 Å². The Labute approximate surface area is 844 Å². The van der Waals surface area contributed by atoms with Gasteiger partial charge in [0.2, 0.25) is 0 Å². The highest BCUT2D eigenvalue weighted by molar-refractivity contribution is 7.57. The zero-order valence-electron chi connectivity index (χ0n) is 87.8. The third kappa shape index (κ3) is 30.4. The number of benzene rings is 14. The fraction of sp³-hybridized carbons (Fsp3) is 0.323. The number of hydrogen-bond donors (Lipinski definition) is 5. The first kappa shape index (κ1) is 110. The van der Waals surface area contributed by atoms with Gasteiger partial charge in [0.15, 0.2) is 0 Å². The molecule has 0 heterocycles. The first-order chi connectivity index (χ1) is 66.1. The van der Waals surface area contributed by atoms with Crippen LogP contribution in [0.3, 0.4) is 0 Å². The Kier molecular flexibility index (Phi) is 40.5. The van der Waals surface area contributed by atoms with E-state index in [0.717, 1.165) is 114 Å². The Morgan fingerprint density at radius 3 is 0.784 bits per heavy atom. The third-order valence-electron chi connectivity index (χ3n) is 25.6. The summed E-state index contributed by atoms with van der Waals surface area (Å²) in [5.74, 6) is 2.15. The average Bonchev–Trinajstić information content (AvgIpc) is 0.791. The molecule has 15 heteroatoms. The van der Waals surface area contributed by atoms with Crippen LogP contribution >= 0.6 is 42.9 Å². The van der Waals surface area contributed by atoms with E-state index in [9.17, 15) is 25.5 Å². The summed E-state index contributed by atoms with van der Waals surface area (Å²) in [6.45, 7) is 65.8. The van der Waals surface area contributed by atoms with Crippen LogP contribution in [0, 0.1) is 55.4 Å². The highest BCUT2D eigenvalue weighted by Gasteiger charge is 2.29. The molecule has 0 aromatic heterocycles. The molecular formula is C124H156N5O5P5. The van der Waals surface area contributed by atoms with Gasteiger partial charge in [-0.25, -0.2) is 0 Å². The van der Waals surface area contributed by atoms with E-state index < -0.39 is 0 Å². The van der Waals surface area contributed by atoms with Crippen molar-refractivity contribution in [3.63, 3.8) is 0 Å². The second kappa shape index (κ2) is 51.1. The first-order valence-corrected chi connectivity index (χ1v) is 54.5. The highest BCUT2D eigenvalue weighted by atomic mass is 31.1. The molecule has 5 N–H and O–H groups in total. The molecule has 5 unspecified atom stereocenters. The molecule has 14 aromatic rings. The normalized spacial score (nSPS) is 11.8. The molecule has 0 radical (unpaired) electrons. The molecule has 139 heavy (non-hydrogen) atoms. The minimum absolute atomic E-state index is 0.0420. The number of anilines is 5. The Morgan fingerprint density at radius 1 is 0.216 bits per heavy atom. The molecule has 14 aromatic carbocycles. The summed E-state index contributed by atoms with van der Waals surface area (Å²) in [6, 6.07) is 102. The number of hydrogen-bond acceptors (Lipinski definition) is 10. The third-order valence-corrected chi connectivity index (χ3v) is 33.4. The van der Waals surface area contributed by atoms with E-state index in [2.05, 4.69) is 439 Å². The molecule has 0 saturated heterocycles. The van der Waals surface area contributed by atoms with E-state index in [-0.39, 0.29) is 21.7 Å². The van der Waals surface area contributed by atoms with E-state index in [1.54, 1.807) is 6.07 Å². The molecule has 732 valence electrons. The van der Waals surface area contributed by atoms with Gasteiger partial charge >= 0.3 is 0 Å². The molecule has 0 fully saturated rings. The Bertz CT molecular complexity index is 6160.